The summed E-state index contributed by atoms with van der Waals surface area (Å²) in [6.45, 7) is 14.2. The molecule has 0 N–H and O–H groups in total. The first kappa shape index (κ1) is 20.4. The summed E-state index contributed by atoms with van der Waals surface area (Å²) >= 11 is 0. The normalized spacial score (nSPS) is 11.2. The molecule has 3 rings (SSSR count). The fourth-order valence-corrected chi connectivity index (χ4v) is 4.59. The molecule has 1 heterocycles. The number of nitrogens with zero attached hydrogens (tertiary/aromatic N) is 4. The van der Waals surface area contributed by atoms with Crippen molar-refractivity contribution in [1.29, 1.82) is 10.5 Å². The highest BCUT2D eigenvalue weighted by Gasteiger charge is 2.37. The topological polar surface area (TPSA) is 56.4 Å². The van der Waals surface area contributed by atoms with Crippen LogP contribution in [0.3, 0.4) is 0 Å². The summed E-state index contributed by atoms with van der Waals surface area (Å²) in [5, 5.41) is 20.0. The number of benzene rings is 2. The molecule has 0 fully saturated rings. The molecule has 3 aromatic rings. The SMILES string of the molecule is Cc1cc(C)c(-n2cc[n+](-c3c(C)cc(C)cc3C)c2[B-](C)(C#N)C#N)c(C)c1. The Morgan fingerprint density at radius 2 is 1.24 bits per heavy atom. The number of imidazole rings is 1. The summed E-state index contributed by atoms with van der Waals surface area (Å²) in [6, 6.07) is 8.56. The first-order valence-corrected chi connectivity index (χ1v) is 9.94. The van der Waals surface area contributed by atoms with E-state index in [0.29, 0.717) is 5.72 Å². The average molecular weight is 382 g/mol. The van der Waals surface area contributed by atoms with Crippen molar-refractivity contribution in [2.24, 2.45) is 0 Å². The predicted molar refractivity (Wildman–Crippen MR) is 118 cm³/mol. The van der Waals surface area contributed by atoms with Gasteiger partial charge in [0.1, 0.15) is 29.5 Å². The van der Waals surface area contributed by atoms with E-state index in [-0.39, 0.29) is 0 Å². The highest BCUT2D eigenvalue weighted by atomic mass is 15.2. The van der Waals surface area contributed by atoms with Crippen LogP contribution in [-0.2, 0) is 0 Å². The van der Waals surface area contributed by atoms with Gasteiger partial charge < -0.3 is 0 Å². The first-order valence-electron chi connectivity index (χ1n) is 9.94. The zero-order chi connectivity index (χ0) is 21.5. The number of hydrogen-bond acceptors (Lipinski definition) is 2. The summed E-state index contributed by atoms with van der Waals surface area (Å²) in [5.74, 6) is 4.62. The summed E-state index contributed by atoms with van der Waals surface area (Å²) in [4.78, 5) is 0. The smallest absolute Gasteiger partial charge is 0.248 e. The largest absolute Gasteiger partial charge is 0.316 e. The van der Waals surface area contributed by atoms with Gasteiger partial charge in [-0.3, -0.25) is 0 Å². The third-order valence-electron chi connectivity index (χ3n) is 5.64. The molecule has 29 heavy (non-hydrogen) atoms. The van der Waals surface area contributed by atoms with E-state index in [0.717, 1.165) is 33.6 Å². The quantitative estimate of drug-likeness (QED) is 0.508. The Balaban J connectivity index is 2.45. The van der Waals surface area contributed by atoms with Crippen LogP contribution in [0.5, 0.6) is 0 Å². The Morgan fingerprint density at radius 1 is 0.793 bits per heavy atom. The molecule has 0 bridgehead atoms. The van der Waals surface area contributed by atoms with Gasteiger partial charge in [-0.2, -0.15) is 6.82 Å². The van der Waals surface area contributed by atoms with Gasteiger partial charge >= 0.3 is 6.15 Å². The van der Waals surface area contributed by atoms with Crippen molar-refractivity contribution in [3.63, 3.8) is 0 Å². The van der Waals surface area contributed by atoms with E-state index in [1.165, 1.54) is 11.1 Å². The standard InChI is InChI=1S/C24H27BN4/c1-16-10-18(3)22(19(4)11-16)28-8-9-29(24(28)25(7,14-26)15-27)23-20(5)12-17(2)13-21(23)6/h8-13H,1-7H3. The van der Waals surface area contributed by atoms with Crippen molar-refractivity contribution < 1.29 is 4.57 Å². The Hall–Kier alpha value is -3.31. The highest BCUT2D eigenvalue weighted by Crippen LogP contribution is 2.22. The van der Waals surface area contributed by atoms with Gasteiger partial charge in [-0.05, 0) is 63.8 Å². The molecule has 0 saturated carbocycles. The molecule has 1 aromatic heterocycles. The van der Waals surface area contributed by atoms with Crippen LogP contribution in [0.1, 0.15) is 33.4 Å². The van der Waals surface area contributed by atoms with E-state index in [1.807, 2.05) is 21.5 Å². The lowest BCUT2D eigenvalue weighted by Gasteiger charge is -2.21. The summed E-state index contributed by atoms with van der Waals surface area (Å²) < 4.78 is 4.07. The van der Waals surface area contributed by atoms with Crippen LogP contribution >= 0.6 is 0 Å². The van der Waals surface area contributed by atoms with Crippen molar-refractivity contribution in [3.8, 4) is 23.3 Å². The molecule has 0 aliphatic carbocycles. The van der Waals surface area contributed by atoms with E-state index in [9.17, 15) is 10.5 Å². The molecule has 2 aromatic carbocycles. The van der Waals surface area contributed by atoms with Crippen LogP contribution in [0.2, 0.25) is 6.82 Å². The zero-order valence-electron chi connectivity index (χ0n) is 18.3. The Bertz CT molecular complexity index is 1070. The second-order valence-electron chi connectivity index (χ2n) is 8.45. The molecule has 0 spiro atoms. The van der Waals surface area contributed by atoms with Gasteiger partial charge in [-0.1, -0.05) is 35.4 Å². The van der Waals surface area contributed by atoms with E-state index < -0.39 is 6.15 Å². The second kappa shape index (κ2) is 7.26. The van der Waals surface area contributed by atoms with Crippen molar-refractivity contribution in [1.82, 2.24) is 4.57 Å². The lowest BCUT2D eigenvalue weighted by atomic mass is 9.28. The van der Waals surface area contributed by atoms with E-state index in [2.05, 4.69) is 77.7 Å². The lowest BCUT2D eigenvalue weighted by molar-refractivity contribution is -0.576. The Morgan fingerprint density at radius 3 is 1.69 bits per heavy atom. The Kier molecular flexibility index (Phi) is 5.12. The van der Waals surface area contributed by atoms with Crippen LogP contribution in [0, 0.1) is 64.0 Å². The maximum absolute atomic E-state index is 9.99. The summed E-state index contributed by atoms with van der Waals surface area (Å²) in [7, 11) is 0. The van der Waals surface area contributed by atoms with Crippen molar-refractivity contribution >= 4 is 11.9 Å². The van der Waals surface area contributed by atoms with E-state index in [1.54, 1.807) is 6.82 Å². The van der Waals surface area contributed by atoms with Crippen LogP contribution in [-0.4, -0.2) is 10.7 Å². The monoisotopic (exact) mass is 382 g/mol. The van der Waals surface area contributed by atoms with Crippen LogP contribution in [0.15, 0.2) is 36.7 Å². The summed E-state index contributed by atoms with van der Waals surface area (Å²) in [6.07, 6.45) is 1.86. The van der Waals surface area contributed by atoms with Crippen molar-refractivity contribution in [3.05, 3.63) is 70.0 Å². The van der Waals surface area contributed by atoms with Crippen LogP contribution in [0.25, 0.3) is 11.4 Å². The van der Waals surface area contributed by atoms with Gasteiger partial charge in [0.15, 0.2) is 0 Å². The highest BCUT2D eigenvalue weighted by molar-refractivity contribution is 7.01. The van der Waals surface area contributed by atoms with Gasteiger partial charge in [-0.15, -0.1) is 11.9 Å². The van der Waals surface area contributed by atoms with E-state index in [4.69, 9.17) is 0 Å². The third kappa shape index (κ3) is 3.34. The van der Waals surface area contributed by atoms with Crippen molar-refractivity contribution in [2.75, 3.05) is 0 Å². The molecule has 0 atom stereocenters. The molecule has 5 heteroatoms. The maximum Gasteiger partial charge on any atom is 0.316 e. The van der Waals surface area contributed by atoms with Gasteiger partial charge in [-0.25, -0.2) is 19.7 Å². The minimum atomic E-state index is -2.10. The fraction of sp³-hybridized carbons (Fsp3) is 0.292. The van der Waals surface area contributed by atoms with Crippen LogP contribution in [0.4, 0.5) is 0 Å². The van der Waals surface area contributed by atoms with Gasteiger partial charge in [0, 0.05) is 0 Å². The summed E-state index contributed by atoms with van der Waals surface area (Å²) in [5.41, 5.74) is 9.66. The van der Waals surface area contributed by atoms with Crippen LogP contribution < -0.4 is 10.3 Å². The van der Waals surface area contributed by atoms with Gasteiger partial charge in [0.2, 0.25) is 0 Å². The number of nitriles is 2. The van der Waals surface area contributed by atoms with E-state index >= 15 is 0 Å². The van der Waals surface area contributed by atoms with Crippen molar-refractivity contribution in [2.45, 2.75) is 48.4 Å². The predicted octanol–water partition coefficient (Wildman–Crippen LogP) is 4.02. The minimum absolute atomic E-state index is 0.708. The number of hydrogen-bond donors (Lipinski definition) is 0. The molecule has 0 unspecified atom stereocenters. The maximum atomic E-state index is 9.99. The molecular formula is C24H27BN4. The van der Waals surface area contributed by atoms with Gasteiger partial charge in [0.05, 0.1) is 0 Å². The average Bonchev–Trinajstić information content (AvgIpc) is 3.04. The molecule has 0 amide bonds. The second-order valence-corrected chi connectivity index (χ2v) is 8.45. The Labute approximate surface area is 173 Å². The number of aryl methyl sites for hydroxylation is 6. The molecular weight excluding hydrogens is 355 g/mol. The first-order chi connectivity index (χ1) is 13.6. The molecule has 4 nitrogen and oxygen atoms in total. The third-order valence-corrected chi connectivity index (χ3v) is 5.64. The molecule has 0 radical (unpaired) electrons. The molecule has 0 saturated heterocycles. The zero-order valence-corrected chi connectivity index (χ0v) is 18.3. The molecule has 0 aliphatic rings. The fourth-order valence-electron chi connectivity index (χ4n) is 4.59. The van der Waals surface area contributed by atoms with Gasteiger partial charge in [0.25, 0.3) is 0 Å². The minimum Gasteiger partial charge on any atom is -0.248 e. The lowest BCUT2D eigenvalue weighted by Crippen LogP contribution is -2.63. The molecule has 0 aliphatic heterocycles. The number of rotatable bonds is 3. The number of aromatic nitrogens is 2. The molecule has 146 valence electrons.